The summed E-state index contributed by atoms with van der Waals surface area (Å²) in [5.74, 6) is 1.07. The van der Waals surface area contributed by atoms with Gasteiger partial charge in [0.2, 0.25) is 5.89 Å². The predicted octanol–water partition coefficient (Wildman–Crippen LogP) is 6.91. The number of aromatic nitrogens is 1. The molecular weight excluding hydrogens is 514 g/mol. The molecule has 0 saturated heterocycles. The average molecular weight is 538 g/mol. The van der Waals surface area contributed by atoms with Gasteiger partial charge in [-0.3, -0.25) is 10.1 Å². The van der Waals surface area contributed by atoms with Gasteiger partial charge >= 0.3 is 0 Å². The highest BCUT2D eigenvalue weighted by molar-refractivity contribution is 9.10. The number of oxazole rings is 1. The molecule has 1 unspecified atom stereocenters. The van der Waals surface area contributed by atoms with Crippen LogP contribution in [0.3, 0.4) is 0 Å². The van der Waals surface area contributed by atoms with Crippen molar-refractivity contribution in [2.75, 3.05) is 12.4 Å². The Morgan fingerprint density at radius 3 is 2.76 bits per heavy atom. The number of carbonyl (C=O) groups is 1. The number of thiocarbonyl (C=S) groups is 1. The van der Waals surface area contributed by atoms with E-state index in [4.69, 9.17) is 21.4 Å². The third-order valence-electron chi connectivity index (χ3n) is 5.59. The van der Waals surface area contributed by atoms with Gasteiger partial charge in [0.15, 0.2) is 10.7 Å². The summed E-state index contributed by atoms with van der Waals surface area (Å²) in [5, 5.41) is 5.91. The van der Waals surface area contributed by atoms with Crippen LogP contribution in [0, 0.1) is 0 Å². The fourth-order valence-electron chi connectivity index (χ4n) is 3.53. The molecule has 34 heavy (non-hydrogen) atoms. The van der Waals surface area contributed by atoms with E-state index < -0.39 is 0 Å². The summed E-state index contributed by atoms with van der Waals surface area (Å²) in [5.41, 5.74) is 4.69. The number of methoxy groups -OCH3 is 1. The molecular formula is C26H24BrN3O3S. The van der Waals surface area contributed by atoms with Gasteiger partial charge in [0.05, 0.1) is 12.7 Å². The first-order valence-corrected chi connectivity index (χ1v) is 12.0. The van der Waals surface area contributed by atoms with Crippen molar-refractivity contribution in [3.05, 3.63) is 76.3 Å². The zero-order chi connectivity index (χ0) is 24.2. The summed E-state index contributed by atoms with van der Waals surface area (Å²) in [4.78, 5) is 17.4. The lowest BCUT2D eigenvalue weighted by Crippen LogP contribution is -2.34. The van der Waals surface area contributed by atoms with Gasteiger partial charge in [-0.1, -0.05) is 41.9 Å². The van der Waals surface area contributed by atoms with Crippen molar-refractivity contribution in [1.29, 1.82) is 0 Å². The van der Waals surface area contributed by atoms with E-state index in [1.807, 2.05) is 30.3 Å². The Balaban J connectivity index is 1.50. The lowest BCUT2D eigenvalue weighted by molar-refractivity contribution is 0.0974. The first-order valence-electron chi connectivity index (χ1n) is 10.8. The molecule has 4 rings (SSSR count). The van der Waals surface area contributed by atoms with Crippen LogP contribution in [-0.4, -0.2) is 23.1 Å². The Hall–Kier alpha value is -3.23. The molecule has 0 bridgehead atoms. The van der Waals surface area contributed by atoms with Gasteiger partial charge in [0.1, 0.15) is 11.3 Å². The fraction of sp³-hybridized carbons (Fsp3) is 0.192. The van der Waals surface area contributed by atoms with Crippen LogP contribution in [0.4, 0.5) is 5.69 Å². The number of nitrogens with zero attached hydrogens (tertiary/aromatic N) is 1. The Bertz CT molecular complexity index is 1370. The smallest absolute Gasteiger partial charge is 0.261 e. The third kappa shape index (κ3) is 5.29. The van der Waals surface area contributed by atoms with Gasteiger partial charge in [0.25, 0.3) is 5.91 Å². The quantitative estimate of drug-likeness (QED) is 0.260. The Labute approximate surface area is 211 Å². The van der Waals surface area contributed by atoms with Gasteiger partial charge in [-0.2, -0.15) is 0 Å². The Morgan fingerprint density at radius 2 is 2.00 bits per heavy atom. The number of hydrogen-bond acceptors (Lipinski definition) is 5. The van der Waals surface area contributed by atoms with Gasteiger partial charge < -0.3 is 14.5 Å². The normalized spacial score (nSPS) is 11.8. The second-order valence-electron chi connectivity index (χ2n) is 7.89. The van der Waals surface area contributed by atoms with Crippen molar-refractivity contribution in [3.63, 3.8) is 0 Å². The van der Waals surface area contributed by atoms with E-state index in [0.29, 0.717) is 28.8 Å². The van der Waals surface area contributed by atoms with Crippen LogP contribution < -0.4 is 15.4 Å². The predicted molar refractivity (Wildman–Crippen MR) is 143 cm³/mol. The molecule has 8 heteroatoms. The first kappa shape index (κ1) is 23.9. The second kappa shape index (κ2) is 10.4. The summed E-state index contributed by atoms with van der Waals surface area (Å²) in [7, 11) is 1.51. The van der Waals surface area contributed by atoms with Gasteiger partial charge in [-0.05, 0) is 78.7 Å². The maximum Gasteiger partial charge on any atom is 0.261 e. The minimum atomic E-state index is -0.372. The van der Waals surface area contributed by atoms with Gasteiger partial charge in [-0.25, -0.2) is 4.98 Å². The number of ether oxygens (including phenoxy) is 1. The molecule has 0 fully saturated rings. The highest BCUT2D eigenvalue weighted by Crippen LogP contribution is 2.29. The van der Waals surface area contributed by atoms with E-state index in [2.05, 4.69) is 57.5 Å². The molecule has 2 N–H and O–H groups in total. The van der Waals surface area contributed by atoms with Crippen LogP contribution >= 0.6 is 28.1 Å². The number of anilines is 1. The number of fused-ring (bicyclic) bond motifs is 1. The highest BCUT2D eigenvalue weighted by Gasteiger charge is 2.15. The zero-order valence-electron chi connectivity index (χ0n) is 19.0. The third-order valence-corrected chi connectivity index (χ3v) is 6.29. The molecule has 1 heterocycles. The average Bonchev–Trinajstić information content (AvgIpc) is 3.27. The molecule has 0 aliphatic heterocycles. The van der Waals surface area contributed by atoms with Crippen molar-refractivity contribution >= 4 is 56.0 Å². The van der Waals surface area contributed by atoms with E-state index >= 15 is 0 Å². The lowest BCUT2D eigenvalue weighted by Gasteiger charge is -2.12. The topological polar surface area (TPSA) is 76.4 Å². The fourth-order valence-corrected chi connectivity index (χ4v) is 4.10. The standard InChI is InChI=1S/C26H24BrN3O3S/c1-4-15(2)16-8-10-23-21(13-16)29-25(33-23)17-6-5-7-19(12-17)28-26(34)30-24(31)20-14-18(27)9-11-22(20)32-3/h5-15H,4H2,1-3H3,(H2,28,30,31,34). The maximum atomic E-state index is 12.7. The molecule has 0 saturated carbocycles. The number of benzene rings is 3. The number of hydrogen-bond donors (Lipinski definition) is 2. The van der Waals surface area contributed by atoms with Crippen LogP contribution in [0.5, 0.6) is 5.75 Å². The SMILES string of the molecule is CCC(C)c1ccc2oc(-c3cccc(NC(=S)NC(=O)c4cc(Br)ccc4OC)c3)nc2c1. The Kier molecular flexibility index (Phi) is 7.29. The number of amides is 1. The molecule has 0 radical (unpaired) electrons. The maximum absolute atomic E-state index is 12.7. The van der Waals surface area contributed by atoms with Crippen molar-refractivity contribution in [3.8, 4) is 17.2 Å². The van der Waals surface area contributed by atoms with Crippen LogP contribution in [0.25, 0.3) is 22.6 Å². The summed E-state index contributed by atoms with van der Waals surface area (Å²) in [6.45, 7) is 4.37. The van der Waals surface area contributed by atoms with E-state index in [1.54, 1.807) is 18.2 Å². The molecule has 0 aliphatic rings. The first-order chi connectivity index (χ1) is 16.4. The van der Waals surface area contributed by atoms with E-state index in [-0.39, 0.29) is 11.0 Å². The number of carbonyl (C=O) groups excluding carboxylic acids is 1. The molecule has 3 aromatic carbocycles. The summed E-state index contributed by atoms with van der Waals surface area (Å²) in [6, 6.07) is 18.8. The number of nitrogens with one attached hydrogen (secondary N) is 2. The van der Waals surface area contributed by atoms with E-state index in [1.165, 1.54) is 12.7 Å². The van der Waals surface area contributed by atoms with Gasteiger partial charge in [-0.15, -0.1) is 0 Å². The summed E-state index contributed by atoms with van der Waals surface area (Å²) < 4.78 is 12.0. The van der Waals surface area contributed by atoms with Crippen LogP contribution in [0.15, 0.2) is 69.6 Å². The lowest BCUT2D eigenvalue weighted by atomic mass is 9.98. The van der Waals surface area contributed by atoms with Crippen molar-refractivity contribution in [2.24, 2.45) is 0 Å². The Morgan fingerprint density at radius 1 is 1.18 bits per heavy atom. The van der Waals surface area contributed by atoms with Crippen molar-refractivity contribution in [1.82, 2.24) is 10.3 Å². The summed E-state index contributed by atoms with van der Waals surface area (Å²) in [6.07, 6.45) is 1.06. The molecule has 1 aromatic heterocycles. The minimum Gasteiger partial charge on any atom is -0.496 e. The minimum absolute atomic E-state index is 0.167. The monoisotopic (exact) mass is 537 g/mol. The van der Waals surface area contributed by atoms with Crippen LogP contribution in [-0.2, 0) is 0 Å². The molecule has 6 nitrogen and oxygen atoms in total. The molecule has 0 aliphatic carbocycles. The second-order valence-corrected chi connectivity index (χ2v) is 9.21. The van der Waals surface area contributed by atoms with Crippen molar-refractivity contribution in [2.45, 2.75) is 26.2 Å². The van der Waals surface area contributed by atoms with E-state index in [0.717, 1.165) is 27.6 Å². The van der Waals surface area contributed by atoms with Crippen molar-refractivity contribution < 1.29 is 13.9 Å². The highest BCUT2D eigenvalue weighted by atomic mass is 79.9. The number of halogens is 1. The summed E-state index contributed by atoms with van der Waals surface area (Å²) >= 11 is 8.72. The molecule has 4 aromatic rings. The molecule has 1 atom stereocenters. The molecule has 1 amide bonds. The molecule has 0 spiro atoms. The zero-order valence-corrected chi connectivity index (χ0v) is 21.4. The molecule has 174 valence electrons. The largest absolute Gasteiger partial charge is 0.496 e. The number of rotatable bonds is 6. The van der Waals surface area contributed by atoms with Crippen LogP contribution in [0.1, 0.15) is 42.1 Å². The van der Waals surface area contributed by atoms with Crippen LogP contribution in [0.2, 0.25) is 0 Å². The van der Waals surface area contributed by atoms with E-state index in [9.17, 15) is 4.79 Å². The van der Waals surface area contributed by atoms with Gasteiger partial charge in [0, 0.05) is 15.7 Å².